The second-order valence-corrected chi connectivity index (χ2v) is 8.64. The zero-order chi connectivity index (χ0) is 22.8. The number of ether oxygens (including phenoxy) is 1. The molecule has 0 saturated carbocycles. The predicted octanol–water partition coefficient (Wildman–Crippen LogP) is 4.84. The fourth-order valence-corrected chi connectivity index (χ4v) is 3.31. The number of carbonyl (C=O) groups is 1. The number of rotatable bonds is 5. The van der Waals surface area contributed by atoms with Gasteiger partial charge in [0, 0.05) is 19.5 Å². The van der Waals surface area contributed by atoms with E-state index >= 15 is 0 Å². The van der Waals surface area contributed by atoms with Gasteiger partial charge in [0.25, 0.3) is 5.95 Å². The molecular weight excluding hydrogens is 416 g/mol. The maximum absolute atomic E-state index is 14.6. The van der Waals surface area contributed by atoms with Crippen LogP contribution in [-0.4, -0.2) is 28.8 Å². The highest BCUT2D eigenvalue weighted by atomic mass is 19.4. The van der Waals surface area contributed by atoms with E-state index in [0.29, 0.717) is 36.6 Å². The van der Waals surface area contributed by atoms with E-state index in [-0.39, 0.29) is 29.3 Å². The first-order chi connectivity index (χ1) is 14.4. The number of amides is 1. The first-order valence-corrected chi connectivity index (χ1v) is 9.85. The summed E-state index contributed by atoms with van der Waals surface area (Å²) in [6, 6.07) is 5.49. The van der Waals surface area contributed by atoms with Gasteiger partial charge in [-0.3, -0.25) is 4.79 Å². The average molecular weight is 440 g/mol. The lowest BCUT2D eigenvalue weighted by molar-refractivity contribution is -0.274. The van der Waals surface area contributed by atoms with Crippen molar-refractivity contribution in [2.75, 3.05) is 16.8 Å². The number of nitrogens with one attached hydrogen (secondary N) is 1. The number of nitrogens with zero attached hydrogens (tertiary/aromatic N) is 3. The summed E-state index contributed by atoms with van der Waals surface area (Å²) in [4.78, 5) is 22.2. The van der Waals surface area contributed by atoms with Crippen LogP contribution in [0.15, 0.2) is 24.3 Å². The van der Waals surface area contributed by atoms with Crippen LogP contribution in [0.25, 0.3) is 0 Å². The molecule has 2 aromatic rings. The fraction of sp³-hybridized carbons (Fsp3) is 0.476. The quantitative estimate of drug-likeness (QED) is 0.674. The number of anilines is 2. The highest BCUT2D eigenvalue weighted by Crippen LogP contribution is 2.29. The Morgan fingerprint density at radius 2 is 1.84 bits per heavy atom. The van der Waals surface area contributed by atoms with Gasteiger partial charge in [0.2, 0.25) is 5.91 Å². The van der Waals surface area contributed by atoms with Crippen molar-refractivity contribution >= 4 is 17.5 Å². The van der Waals surface area contributed by atoms with Gasteiger partial charge in [0.05, 0.1) is 5.69 Å². The summed E-state index contributed by atoms with van der Waals surface area (Å²) in [5, 5.41) is 2.49. The van der Waals surface area contributed by atoms with E-state index in [1.54, 1.807) is 0 Å². The molecule has 6 nitrogen and oxygen atoms in total. The Morgan fingerprint density at radius 1 is 1.16 bits per heavy atom. The van der Waals surface area contributed by atoms with Gasteiger partial charge in [0.1, 0.15) is 5.75 Å². The minimum atomic E-state index is -4.75. The van der Waals surface area contributed by atoms with Gasteiger partial charge < -0.3 is 15.0 Å². The fourth-order valence-electron chi connectivity index (χ4n) is 3.31. The van der Waals surface area contributed by atoms with Crippen LogP contribution in [0.1, 0.15) is 44.9 Å². The van der Waals surface area contributed by atoms with Gasteiger partial charge in [-0.15, -0.1) is 13.2 Å². The highest BCUT2D eigenvalue weighted by Gasteiger charge is 2.31. The number of hydrogen-bond donors (Lipinski definition) is 1. The van der Waals surface area contributed by atoms with Crippen molar-refractivity contribution in [3.05, 3.63) is 41.5 Å². The summed E-state index contributed by atoms with van der Waals surface area (Å²) in [7, 11) is 0. The minimum absolute atomic E-state index is 0.191. The van der Waals surface area contributed by atoms with Crippen molar-refractivity contribution in [1.29, 1.82) is 0 Å². The lowest BCUT2D eigenvalue weighted by Gasteiger charge is -2.30. The summed E-state index contributed by atoms with van der Waals surface area (Å²) in [6.07, 6.45) is -3.20. The number of aryl methyl sites for hydroxylation is 1. The molecule has 3 rings (SSSR count). The van der Waals surface area contributed by atoms with Gasteiger partial charge in [-0.25, -0.2) is 4.98 Å². The van der Waals surface area contributed by atoms with Crippen molar-refractivity contribution in [3.63, 3.8) is 0 Å². The van der Waals surface area contributed by atoms with E-state index in [1.165, 1.54) is 24.3 Å². The molecule has 1 aromatic carbocycles. The van der Waals surface area contributed by atoms with Gasteiger partial charge in [-0.05, 0) is 36.0 Å². The Balaban J connectivity index is 1.74. The maximum Gasteiger partial charge on any atom is 0.573 e. The zero-order valence-corrected chi connectivity index (χ0v) is 17.5. The van der Waals surface area contributed by atoms with Crippen molar-refractivity contribution in [2.24, 2.45) is 5.41 Å². The SMILES string of the molecule is CC(C)(C)CC(=O)Nc1nc2c(nc1F)N(Cc1ccc(OC(F)(F)F)cc1)CCC2. The second-order valence-electron chi connectivity index (χ2n) is 8.64. The molecule has 0 atom stereocenters. The van der Waals surface area contributed by atoms with Crippen LogP contribution < -0.4 is 15.0 Å². The summed E-state index contributed by atoms with van der Waals surface area (Å²) in [5.41, 5.74) is 1.03. The standard InChI is InChI=1S/C21H24F4N4O2/c1-20(2,3)11-16(30)27-18-17(22)28-19-15(26-18)5-4-10-29(19)12-13-6-8-14(9-7-13)31-21(23,24)25/h6-9H,4-5,10-12H2,1-3H3,(H,26,27,30). The largest absolute Gasteiger partial charge is 0.573 e. The zero-order valence-electron chi connectivity index (χ0n) is 17.5. The molecule has 10 heteroatoms. The number of carbonyl (C=O) groups excluding carboxylic acids is 1. The van der Waals surface area contributed by atoms with Gasteiger partial charge >= 0.3 is 6.36 Å². The number of benzene rings is 1. The van der Waals surface area contributed by atoms with E-state index in [4.69, 9.17) is 0 Å². The van der Waals surface area contributed by atoms with Crippen molar-refractivity contribution in [2.45, 2.75) is 52.9 Å². The van der Waals surface area contributed by atoms with Crippen LogP contribution >= 0.6 is 0 Å². The smallest absolute Gasteiger partial charge is 0.406 e. The first kappa shape index (κ1) is 22.8. The van der Waals surface area contributed by atoms with Crippen LogP contribution in [0.3, 0.4) is 0 Å². The number of fused-ring (bicyclic) bond motifs is 1. The highest BCUT2D eigenvalue weighted by molar-refractivity contribution is 5.90. The molecule has 0 radical (unpaired) electrons. The summed E-state index contributed by atoms with van der Waals surface area (Å²) >= 11 is 0. The Kier molecular flexibility index (Phi) is 6.38. The lowest BCUT2D eigenvalue weighted by atomic mass is 9.92. The van der Waals surface area contributed by atoms with Crippen LogP contribution in [0.4, 0.5) is 29.2 Å². The third-order valence-electron chi connectivity index (χ3n) is 4.52. The van der Waals surface area contributed by atoms with Crippen LogP contribution in [0, 0.1) is 11.4 Å². The molecule has 31 heavy (non-hydrogen) atoms. The van der Waals surface area contributed by atoms with Gasteiger partial charge in [-0.2, -0.15) is 9.37 Å². The molecular formula is C21H24F4N4O2. The summed E-state index contributed by atoms with van der Waals surface area (Å²) in [6.45, 7) is 6.63. The van der Waals surface area contributed by atoms with E-state index < -0.39 is 12.3 Å². The first-order valence-electron chi connectivity index (χ1n) is 9.85. The molecule has 0 saturated heterocycles. The molecule has 1 amide bonds. The molecule has 2 heterocycles. The third-order valence-corrected chi connectivity index (χ3v) is 4.52. The molecule has 0 bridgehead atoms. The maximum atomic E-state index is 14.6. The molecule has 0 fully saturated rings. The van der Waals surface area contributed by atoms with Crippen LogP contribution in [0.5, 0.6) is 5.75 Å². The normalized spacial score (nSPS) is 14.2. The molecule has 0 spiro atoms. The van der Waals surface area contributed by atoms with Crippen molar-refractivity contribution in [1.82, 2.24) is 9.97 Å². The summed E-state index contributed by atoms with van der Waals surface area (Å²) < 4.78 is 55.3. The van der Waals surface area contributed by atoms with E-state index in [0.717, 1.165) is 6.42 Å². The van der Waals surface area contributed by atoms with Gasteiger partial charge in [0.15, 0.2) is 11.6 Å². The lowest BCUT2D eigenvalue weighted by Crippen LogP contribution is -2.31. The monoisotopic (exact) mass is 440 g/mol. The topological polar surface area (TPSA) is 67.4 Å². The predicted molar refractivity (Wildman–Crippen MR) is 107 cm³/mol. The van der Waals surface area contributed by atoms with E-state index in [1.807, 2.05) is 25.7 Å². The number of alkyl halides is 3. The van der Waals surface area contributed by atoms with E-state index in [2.05, 4.69) is 20.0 Å². The third kappa shape index (κ3) is 6.53. The second kappa shape index (κ2) is 8.68. The number of hydrogen-bond acceptors (Lipinski definition) is 5. The molecule has 1 N–H and O–H groups in total. The molecule has 0 aliphatic carbocycles. The number of halogens is 4. The van der Waals surface area contributed by atoms with Gasteiger partial charge in [-0.1, -0.05) is 32.9 Å². The molecule has 0 unspecified atom stereocenters. The molecule has 1 aromatic heterocycles. The summed E-state index contributed by atoms with van der Waals surface area (Å²) in [5.74, 6) is -1.34. The van der Waals surface area contributed by atoms with Crippen molar-refractivity contribution in [3.8, 4) is 5.75 Å². The van der Waals surface area contributed by atoms with Crippen molar-refractivity contribution < 1.29 is 27.1 Å². The molecule has 168 valence electrons. The van der Waals surface area contributed by atoms with Crippen LogP contribution in [-0.2, 0) is 17.8 Å². The van der Waals surface area contributed by atoms with Crippen LogP contribution in [0.2, 0.25) is 0 Å². The number of aromatic nitrogens is 2. The Labute approximate surface area is 177 Å². The Bertz CT molecular complexity index is 940. The average Bonchev–Trinajstić information content (AvgIpc) is 2.62. The Morgan fingerprint density at radius 3 is 2.45 bits per heavy atom. The Hall–Kier alpha value is -2.91. The van der Waals surface area contributed by atoms with E-state index in [9.17, 15) is 22.4 Å². The minimum Gasteiger partial charge on any atom is -0.406 e. The molecule has 1 aliphatic rings. The molecule has 1 aliphatic heterocycles.